The van der Waals surface area contributed by atoms with E-state index in [0.717, 1.165) is 12.8 Å². The van der Waals surface area contributed by atoms with Crippen molar-refractivity contribution < 1.29 is 19.1 Å². The number of esters is 2. The lowest BCUT2D eigenvalue weighted by Crippen LogP contribution is -2.30. The van der Waals surface area contributed by atoms with Crippen LogP contribution in [0.1, 0.15) is 19.8 Å². The molecule has 4 nitrogen and oxygen atoms in total. The van der Waals surface area contributed by atoms with Crippen LogP contribution >= 0.6 is 0 Å². The van der Waals surface area contributed by atoms with Crippen molar-refractivity contribution in [3.05, 3.63) is 12.2 Å². The summed E-state index contributed by atoms with van der Waals surface area (Å²) in [6.45, 7) is 5.51. The third kappa shape index (κ3) is 1.50. The molecule has 0 aromatic rings. The van der Waals surface area contributed by atoms with Gasteiger partial charge in [-0.2, -0.15) is 0 Å². The van der Waals surface area contributed by atoms with Gasteiger partial charge in [-0.25, -0.2) is 4.79 Å². The molecule has 0 spiro atoms. The summed E-state index contributed by atoms with van der Waals surface area (Å²) in [4.78, 5) is 23.1. The van der Waals surface area contributed by atoms with Crippen molar-refractivity contribution >= 4 is 11.9 Å². The highest BCUT2D eigenvalue weighted by atomic mass is 16.6. The second-order valence-electron chi connectivity index (χ2n) is 5.44. The van der Waals surface area contributed by atoms with Gasteiger partial charge in [-0.05, 0) is 25.7 Å². The zero-order chi connectivity index (χ0) is 12.2. The van der Waals surface area contributed by atoms with E-state index in [2.05, 4.69) is 6.58 Å². The van der Waals surface area contributed by atoms with Crippen LogP contribution < -0.4 is 0 Å². The molecule has 0 aromatic heterocycles. The summed E-state index contributed by atoms with van der Waals surface area (Å²) in [5, 5.41) is 0. The topological polar surface area (TPSA) is 52.6 Å². The molecule has 3 aliphatic rings. The van der Waals surface area contributed by atoms with E-state index in [1.165, 1.54) is 0 Å². The second kappa shape index (κ2) is 3.59. The lowest BCUT2D eigenvalue weighted by Gasteiger charge is -2.23. The average Bonchev–Trinajstić information content (AvgIpc) is 2.85. The Bertz CT molecular complexity index is 398. The van der Waals surface area contributed by atoms with Crippen molar-refractivity contribution in [1.29, 1.82) is 0 Å². The number of ether oxygens (including phenoxy) is 2. The van der Waals surface area contributed by atoms with Gasteiger partial charge in [0.1, 0.15) is 6.10 Å². The van der Waals surface area contributed by atoms with Crippen molar-refractivity contribution in [2.45, 2.75) is 25.9 Å². The standard InChI is InChI=1S/C13H16O4/c1-6(2)12(14)16-5-9-7-3-8-10(4-7)17-13(15)11(8)9/h7-11H,1,3-5H2,2H3. The highest BCUT2D eigenvalue weighted by Crippen LogP contribution is 2.57. The minimum Gasteiger partial charge on any atom is -0.462 e. The first-order valence-corrected chi connectivity index (χ1v) is 6.11. The second-order valence-corrected chi connectivity index (χ2v) is 5.44. The van der Waals surface area contributed by atoms with E-state index in [4.69, 9.17) is 9.47 Å². The minimum atomic E-state index is -0.365. The van der Waals surface area contributed by atoms with E-state index in [9.17, 15) is 9.59 Å². The maximum absolute atomic E-state index is 11.7. The van der Waals surface area contributed by atoms with Gasteiger partial charge in [-0.15, -0.1) is 0 Å². The molecule has 1 aliphatic heterocycles. The van der Waals surface area contributed by atoms with Gasteiger partial charge in [0.25, 0.3) is 0 Å². The van der Waals surface area contributed by atoms with Crippen LogP contribution in [0, 0.1) is 23.7 Å². The molecule has 3 fully saturated rings. The fourth-order valence-electron chi connectivity index (χ4n) is 3.66. The first kappa shape index (κ1) is 10.8. The third-order valence-electron chi connectivity index (χ3n) is 4.41. The maximum atomic E-state index is 11.7. The minimum absolute atomic E-state index is 0.0309. The maximum Gasteiger partial charge on any atom is 0.333 e. The fraction of sp³-hybridized carbons (Fsp3) is 0.692. The van der Waals surface area contributed by atoms with Gasteiger partial charge in [0, 0.05) is 17.4 Å². The first-order valence-electron chi connectivity index (χ1n) is 6.11. The molecule has 4 heteroatoms. The SMILES string of the molecule is C=C(C)C(=O)OCC1C2CC3OC(=O)C1C3C2. The van der Waals surface area contributed by atoms with Crippen molar-refractivity contribution in [3.63, 3.8) is 0 Å². The van der Waals surface area contributed by atoms with Gasteiger partial charge >= 0.3 is 11.9 Å². The highest BCUT2D eigenvalue weighted by molar-refractivity contribution is 5.87. The van der Waals surface area contributed by atoms with Gasteiger partial charge in [-0.1, -0.05) is 6.58 Å². The van der Waals surface area contributed by atoms with Crippen LogP contribution in [0.2, 0.25) is 0 Å². The Morgan fingerprint density at radius 2 is 2.29 bits per heavy atom. The Kier molecular flexibility index (Phi) is 2.28. The lowest BCUT2D eigenvalue weighted by atomic mass is 9.80. The molecule has 5 unspecified atom stereocenters. The Hall–Kier alpha value is -1.32. The van der Waals surface area contributed by atoms with E-state index in [-0.39, 0.29) is 29.9 Å². The summed E-state index contributed by atoms with van der Waals surface area (Å²) < 4.78 is 10.5. The largest absolute Gasteiger partial charge is 0.462 e. The van der Waals surface area contributed by atoms with E-state index in [1.54, 1.807) is 6.92 Å². The van der Waals surface area contributed by atoms with E-state index < -0.39 is 0 Å². The first-order chi connectivity index (χ1) is 8.08. The number of carbonyl (C=O) groups is 2. The monoisotopic (exact) mass is 236 g/mol. The van der Waals surface area contributed by atoms with E-state index in [0.29, 0.717) is 24.0 Å². The number of hydrogen-bond acceptors (Lipinski definition) is 4. The molecule has 3 rings (SSSR count). The predicted molar refractivity (Wildman–Crippen MR) is 58.8 cm³/mol. The molecule has 17 heavy (non-hydrogen) atoms. The molecule has 1 saturated heterocycles. The number of rotatable bonds is 3. The normalized spacial score (nSPS) is 41.5. The van der Waals surface area contributed by atoms with Crippen molar-refractivity contribution in [3.8, 4) is 0 Å². The van der Waals surface area contributed by atoms with Gasteiger partial charge < -0.3 is 9.47 Å². The summed E-state index contributed by atoms with van der Waals surface area (Å²) in [6.07, 6.45) is 2.14. The molecule has 0 aromatic carbocycles. The van der Waals surface area contributed by atoms with Crippen LogP contribution in [-0.2, 0) is 19.1 Å². The zero-order valence-electron chi connectivity index (χ0n) is 9.85. The molecular formula is C13H16O4. The smallest absolute Gasteiger partial charge is 0.333 e. The molecular weight excluding hydrogens is 220 g/mol. The van der Waals surface area contributed by atoms with E-state index >= 15 is 0 Å². The average molecular weight is 236 g/mol. The fourth-order valence-corrected chi connectivity index (χ4v) is 3.66. The molecule has 2 saturated carbocycles. The Morgan fingerprint density at radius 1 is 1.53 bits per heavy atom. The van der Waals surface area contributed by atoms with Crippen LogP contribution in [0.15, 0.2) is 12.2 Å². The molecule has 0 amide bonds. The van der Waals surface area contributed by atoms with Crippen LogP contribution in [0.25, 0.3) is 0 Å². The highest BCUT2D eigenvalue weighted by Gasteiger charge is 2.62. The summed E-state index contributed by atoms with van der Waals surface area (Å²) in [5.74, 6) is 0.540. The van der Waals surface area contributed by atoms with Gasteiger partial charge in [-0.3, -0.25) is 4.79 Å². The zero-order valence-corrected chi connectivity index (χ0v) is 9.85. The third-order valence-corrected chi connectivity index (χ3v) is 4.41. The lowest BCUT2D eigenvalue weighted by molar-refractivity contribution is -0.147. The number of carbonyl (C=O) groups excluding carboxylic acids is 2. The molecule has 2 aliphatic carbocycles. The number of hydrogen-bond donors (Lipinski definition) is 0. The molecule has 2 bridgehead atoms. The Morgan fingerprint density at radius 3 is 3.00 bits per heavy atom. The Labute approximate surface area is 100.0 Å². The van der Waals surface area contributed by atoms with Crippen molar-refractivity contribution in [1.82, 2.24) is 0 Å². The van der Waals surface area contributed by atoms with Crippen LogP contribution in [0.5, 0.6) is 0 Å². The molecule has 1 heterocycles. The van der Waals surface area contributed by atoms with Gasteiger partial charge in [0.2, 0.25) is 0 Å². The summed E-state index contributed by atoms with van der Waals surface area (Å²) >= 11 is 0. The molecule has 92 valence electrons. The summed E-state index contributed by atoms with van der Waals surface area (Å²) in [7, 11) is 0. The van der Waals surface area contributed by atoms with Crippen LogP contribution in [0.4, 0.5) is 0 Å². The molecule has 5 atom stereocenters. The van der Waals surface area contributed by atoms with Gasteiger partial charge in [0.15, 0.2) is 0 Å². The van der Waals surface area contributed by atoms with Crippen molar-refractivity contribution in [2.75, 3.05) is 6.61 Å². The number of fused-ring (bicyclic) bond motifs is 1. The van der Waals surface area contributed by atoms with Crippen LogP contribution in [0.3, 0.4) is 0 Å². The summed E-state index contributed by atoms with van der Waals surface area (Å²) in [6, 6.07) is 0. The predicted octanol–water partition coefficient (Wildman–Crippen LogP) is 1.30. The van der Waals surface area contributed by atoms with Crippen molar-refractivity contribution in [2.24, 2.45) is 23.7 Å². The summed E-state index contributed by atoms with van der Waals surface area (Å²) in [5.41, 5.74) is 0.403. The van der Waals surface area contributed by atoms with Gasteiger partial charge in [0.05, 0.1) is 12.5 Å². The molecule has 0 radical (unpaired) electrons. The quantitative estimate of drug-likeness (QED) is 0.547. The Balaban J connectivity index is 1.67. The van der Waals surface area contributed by atoms with E-state index in [1.807, 2.05) is 0 Å². The molecule has 0 N–H and O–H groups in total. The van der Waals surface area contributed by atoms with Crippen LogP contribution in [-0.4, -0.2) is 24.6 Å².